The molecule has 0 fully saturated rings. The number of rotatable bonds is 5. The zero-order chi connectivity index (χ0) is 16.3. The van der Waals surface area contributed by atoms with Gasteiger partial charge in [0.25, 0.3) is 0 Å². The maximum absolute atomic E-state index is 12.4. The van der Waals surface area contributed by atoms with Gasteiger partial charge in [-0.15, -0.1) is 0 Å². The van der Waals surface area contributed by atoms with Crippen molar-refractivity contribution in [1.29, 1.82) is 0 Å². The van der Waals surface area contributed by atoms with Gasteiger partial charge in [0.1, 0.15) is 0 Å². The molecule has 0 aliphatic carbocycles. The fourth-order valence-electron chi connectivity index (χ4n) is 2.44. The van der Waals surface area contributed by atoms with Crippen LogP contribution in [0.1, 0.15) is 48.4 Å². The third-order valence-electron chi connectivity index (χ3n) is 3.42. The maximum atomic E-state index is 12.4. The highest BCUT2D eigenvalue weighted by Gasteiger charge is 2.16. The molecule has 0 saturated heterocycles. The van der Waals surface area contributed by atoms with Gasteiger partial charge in [0.05, 0.1) is 12.2 Å². The molecule has 0 unspecified atom stereocenters. The van der Waals surface area contributed by atoms with Crippen molar-refractivity contribution >= 4 is 22.7 Å². The van der Waals surface area contributed by atoms with Gasteiger partial charge in [0.2, 0.25) is 0 Å². The van der Waals surface area contributed by atoms with Crippen LogP contribution in [0.15, 0.2) is 36.0 Å². The van der Waals surface area contributed by atoms with Crippen molar-refractivity contribution in [1.82, 2.24) is 4.57 Å². The van der Waals surface area contributed by atoms with Crippen molar-refractivity contribution in [2.75, 3.05) is 6.61 Å². The molecule has 0 aliphatic heterocycles. The molecular weight excluding hydrogens is 278 g/mol. The minimum Gasteiger partial charge on any atom is -0.462 e. The van der Waals surface area contributed by atoms with Gasteiger partial charge in [-0.3, -0.25) is 4.79 Å². The molecule has 1 aromatic carbocycles. The number of carbonyl (C=O) groups is 2. The van der Waals surface area contributed by atoms with Crippen molar-refractivity contribution in [2.24, 2.45) is 0 Å². The van der Waals surface area contributed by atoms with Crippen LogP contribution in [0.25, 0.3) is 10.9 Å². The highest BCUT2D eigenvalue weighted by molar-refractivity contribution is 6.14. The zero-order valence-corrected chi connectivity index (χ0v) is 13.5. The Kier molecular flexibility index (Phi) is 4.81. The summed E-state index contributed by atoms with van der Waals surface area (Å²) in [6.07, 6.45) is 3.47. The summed E-state index contributed by atoms with van der Waals surface area (Å²) in [5.74, 6) is -0.410. The van der Waals surface area contributed by atoms with Crippen LogP contribution >= 0.6 is 0 Å². The smallest absolute Gasteiger partial charge is 0.338 e. The van der Waals surface area contributed by atoms with E-state index in [1.165, 1.54) is 0 Å². The standard InChI is InChI=1S/C18H21NO3/c1-5-19-11-15(17(20)9-12(3)4)14-10-13(7-8-16(14)19)18(21)22-6-2/h7-11H,5-6H2,1-4H3. The first-order valence-corrected chi connectivity index (χ1v) is 7.47. The van der Waals surface area contributed by atoms with Crippen LogP contribution in [0, 0.1) is 0 Å². The number of ether oxygens (including phenoxy) is 1. The number of nitrogens with zero attached hydrogens (tertiary/aromatic N) is 1. The number of esters is 1. The lowest BCUT2D eigenvalue weighted by atomic mass is 10.1. The normalized spacial score (nSPS) is 10.5. The van der Waals surface area contributed by atoms with Crippen molar-refractivity contribution in [3.8, 4) is 0 Å². The van der Waals surface area contributed by atoms with E-state index in [2.05, 4.69) is 0 Å². The molecule has 22 heavy (non-hydrogen) atoms. The van der Waals surface area contributed by atoms with Crippen LogP contribution in [0.3, 0.4) is 0 Å². The highest BCUT2D eigenvalue weighted by atomic mass is 16.5. The lowest BCUT2D eigenvalue weighted by Gasteiger charge is -2.04. The van der Waals surface area contributed by atoms with Gasteiger partial charge >= 0.3 is 5.97 Å². The Labute approximate surface area is 130 Å². The number of allylic oxidation sites excluding steroid dienone is 2. The number of benzene rings is 1. The molecule has 0 saturated carbocycles. The molecule has 2 aromatic rings. The van der Waals surface area contributed by atoms with E-state index in [4.69, 9.17) is 4.74 Å². The molecule has 4 nitrogen and oxygen atoms in total. The molecule has 116 valence electrons. The molecule has 1 aromatic heterocycles. The lowest BCUT2D eigenvalue weighted by molar-refractivity contribution is 0.0526. The number of carbonyl (C=O) groups excluding carboxylic acids is 2. The van der Waals surface area contributed by atoms with Crippen molar-refractivity contribution in [3.63, 3.8) is 0 Å². The number of hydrogen-bond acceptors (Lipinski definition) is 3. The fraction of sp³-hybridized carbons (Fsp3) is 0.333. The predicted molar refractivity (Wildman–Crippen MR) is 87.3 cm³/mol. The summed E-state index contributed by atoms with van der Waals surface area (Å²) >= 11 is 0. The number of hydrogen-bond donors (Lipinski definition) is 0. The van der Waals surface area contributed by atoms with Crippen LogP contribution in [0.2, 0.25) is 0 Å². The average molecular weight is 299 g/mol. The van der Waals surface area contributed by atoms with Gasteiger partial charge in [-0.25, -0.2) is 4.79 Å². The summed E-state index contributed by atoms with van der Waals surface area (Å²) in [7, 11) is 0. The van der Waals surface area contributed by atoms with Crippen LogP contribution in [-0.2, 0) is 11.3 Å². The Balaban J connectivity index is 2.60. The average Bonchev–Trinajstić information content (AvgIpc) is 2.84. The first-order chi connectivity index (χ1) is 10.5. The number of aromatic nitrogens is 1. The van der Waals surface area contributed by atoms with E-state index in [9.17, 15) is 9.59 Å². The molecule has 4 heteroatoms. The summed E-state index contributed by atoms with van der Waals surface area (Å²) in [4.78, 5) is 24.3. The minimum absolute atomic E-state index is 0.0433. The first kappa shape index (κ1) is 16.0. The second-order valence-electron chi connectivity index (χ2n) is 5.37. The van der Waals surface area contributed by atoms with E-state index in [0.29, 0.717) is 17.7 Å². The van der Waals surface area contributed by atoms with Gasteiger partial charge < -0.3 is 9.30 Å². The van der Waals surface area contributed by atoms with Crippen molar-refractivity contribution in [2.45, 2.75) is 34.2 Å². The van der Waals surface area contributed by atoms with Gasteiger partial charge in [0.15, 0.2) is 5.78 Å². The van der Waals surface area contributed by atoms with Gasteiger partial charge in [0, 0.05) is 29.2 Å². The largest absolute Gasteiger partial charge is 0.462 e. The summed E-state index contributed by atoms with van der Waals surface area (Å²) in [6, 6.07) is 5.34. The highest BCUT2D eigenvalue weighted by Crippen LogP contribution is 2.24. The third-order valence-corrected chi connectivity index (χ3v) is 3.42. The van der Waals surface area contributed by atoms with Crippen LogP contribution in [0.4, 0.5) is 0 Å². The minimum atomic E-state index is -0.366. The Morgan fingerprint density at radius 2 is 1.95 bits per heavy atom. The Morgan fingerprint density at radius 1 is 1.23 bits per heavy atom. The zero-order valence-electron chi connectivity index (χ0n) is 13.5. The quantitative estimate of drug-likeness (QED) is 0.476. The van der Waals surface area contributed by atoms with E-state index in [0.717, 1.165) is 23.0 Å². The maximum Gasteiger partial charge on any atom is 0.338 e. The predicted octanol–water partition coefficient (Wildman–Crippen LogP) is 3.99. The van der Waals surface area contributed by atoms with E-state index < -0.39 is 0 Å². The molecule has 1 heterocycles. The van der Waals surface area contributed by atoms with Crippen LogP contribution < -0.4 is 0 Å². The van der Waals surface area contributed by atoms with Crippen molar-refractivity contribution in [3.05, 3.63) is 47.2 Å². The number of aryl methyl sites for hydroxylation is 1. The SMILES string of the molecule is CCOC(=O)c1ccc2c(c1)c(C(=O)C=C(C)C)cn2CC. The molecule has 0 N–H and O–H groups in total. The van der Waals surface area contributed by atoms with Crippen molar-refractivity contribution < 1.29 is 14.3 Å². The fourth-order valence-corrected chi connectivity index (χ4v) is 2.44. The summed E-state index contributed by atoms with van der Waals surface area (Å²) in [6.45, 7) is 8.66. The second kappa shape index (κ2) is 6.60. The molecule has 0 radical (unpaired) electrons. The molecule has 2 rings (SSSR count). The van der Waals surface area contributed by atoms with Crippen LogP contribution in [0.5, 0.6) is 0 Å². The summed E-state index contributed by atoms with van der Waals surface area (Å²) in [5, 5.41) is 0.787. The first-order valence-electron chi connectivity index (χ1n) is 7.47. The lowest BCUT2D eigenvalue weighted by Crippen LogP contribution is -2.04. The van der Waals surface area contributed by atoms with E-state index in [-0.39, 0.29) is 11.8 Å². The molecule has 0 spiro atoms. The Morgan fingerprint density at radius 3 is 2.55 bits per heavy atom. The summed E-state index contributed by atoms with van der Waals surface area (Å²) in [5.41, 5.74) is 2.98. The van der Waals surface area contributed by atoms with E-state index in [1.54, 1.807) is 25.1 Å². The Hall–Kier alpha value is -2.36. The molecular formula is C18H21NO3. The molecule has 0 aliphatic rings. The van der Waals surface area contributed by atoms with E-state index in [1.807, 2.05) is 37.6 Å². The Bertz CT molecular complexity index is 749. The van der Waals surface area contributed by atoms with Gasteiger partial charge in [-0.2, -0.15) is 0 Å². The van der Waals surface area contributed by atoms with Crippen LogP contribution in [-0.4, -0.2) is 22.9 Å². The topological polar surface area (TPSA) is 48.3 Å². The van der Waals surface area contributed by atoms with Gasteiger partial charge in [-0.1, -0.05) is 5.57 Å². The molecule has 0 bridgehead atoms. The molecule has 0 atom stereocenters. The van der Waals surface area contributed by atoms with E-state index >= 15 is 0 Å². The molecule has 0 amide bonds. The number of fused-ring (bicyclic) bond motifs is 1. The second-order valence-corrected chi connectivity index (χ2v) is 5.37. The summed E-state index contributed by atoms with van der Waals surface area (Å²) < 4.78 is 7.04. The number of ketones is 1. The third kappa shape index (κ3) is 3.11. The monoisotopic (exact) mass is 299 g/mol. The van der Waals surface area contributed by atoms with Gasteiger partial charge in [-0.05, 0) is 52.0 Å².